The van der Waals surface area contributed by atoms with Crippen LogP contribution in [0.1, 0.15) is 46.4 Å². The minimum Gasteiger partial charge on any atom is -0.495 e. The van der Waals surface area contributed by atoms with E-state index >= 15 is 0 Å². The molecule has 0 N–H and O–H groups in total. The van der Waals surface area contributed by atoms with Gasteiger partial charge in [0.2, 0.25) is 0 Å². The first kappa shape index (κ1) is 21.9. The van der Waals surface area contributed by atoms with E-state index < -0.39 is 17.7 Å². The highest BCUT2D eigenvalue weighted by Crippen LogP contribution is 2.40. The normalized spacial score (nSPS) is 15.7. The van der Waals surface area contributed by atoms with Gasteiger partial charge in [0.1, 0.15) is 11.6 Å². The van der Waals surface area contributed by atoms with Crippen molar-refractivity contribution in [2.45, 2.75) is 32.0 Å². The van der Waals surface area contributed by atoms with Gasteiger partial charge in [0.05, 0.1) is 30.4 Å². The van der Waals surface area contributed by atoms with Crippen LogP contribution in [0.15, 0.2) is 55.0 Å². The molecule has 174 valence electrons. The third kappa shape index (κ3) is 4.09. The van der Waals surface area contributed by atoms with Crippen molar-refractivity contribution in [2.75, 3.05) is 7.11 Å². The fraction of sp³-hybridized carbons (Fsp3) is 0.240. The number of halogens is 3. The van der Waals surface area contributed by atoms with Crippen LogP contribution in [0.4, 0.5) is 13.2 Å². The Hall–Kier alpha value is -3.88. The molecule has 0 saturated heterocycles. The van der Waals surface area contributed by atoms with E-state index in [1.165, 1.54) is 12.1 Å². The number of hydrogen-bond acceptors (Lipinski definition) is 4. The third-order valence-corrected chi connectivity index (χ3v) is 5.92. The molecule has 2 aromatic heterocycles. The number of nitrogens with zero attached hydrogens (tertiary/aromatic N) is 5. The summed E-state index contributed by atoms with van der Waals surface area (Å²) in [5.41, 5.74) is 2.28. The van der Waals surface area contributed by atoms with Crippen molar-refractivity contribution in [3.63, 3.8) is 0 Å². The van der Waals surface area contributed by atoms with Crippen LogP contribution in [0.5, 0.6) is 5.75 Å². The lowest BCUT2D eigenvalue weighted by Gasteiger charge is -2.16. The number of hydrogen-bond donors (Lipinski definition) is 0. The summed E-state index contributed by atoms with van der Waals surface area (Å²) in [4.78, 5) is 8.80. The topological polar surface area (TPSA) is 57.8 Å². The Bertz CT molecular complexity index is 1370. The van der Waals surface area contributed by atoms with Crippen molar-refractivity contribution in [1.29, 1.82) is 0 Å². The Morgan fingerprint density at radius 2 is 1.94 bits per heavy atom. The van der Waals surface area contributed by atoms with Crippen molar-refractivity contribution in [3.05, 3.63) is 89.0 Å². The standard InChI is InChI=1S/C25H22F3N5O/c1-16-14-32(15-29-16)21-9-7-17(13-22(21)34-2)8-10-23-30-24-19(11-12-33(24)31-23)18-5-3-4-6-20(18)25(26,27)28/h3-10,13-15,19H,11-12H2,1-2H3/t19-/m1/s1. The molecule has 1 aliphatic heterocycles. The van der Waals surface area contributed by atoms with Crippen LogP contribution in [0, 0.1) is 6.92 Å². The third-order valence-electron chi connectivity index (χ3n) is 5.92. The number of fused-ring (bicyclic) bond motifs is 1. The molecule has 5 rings (SSSR count). The molecule has 0 fully saturated rings. The number of aryl methyl sites for hydroxylation is 2. The minimum absolute atomic E-state index is 0.242. The molecule has 0 bridgehead atoms. The number of ether oxygens (including phenoxy) is 1. The largest absolute Gasteiger partial charge is 0.495 e. The number of methoxy groups -OCH3 is 1. The van der Waals surface area contributed by atoms with E-state index in [-0.39, 0.29) is 5.56 Å². The SMILES string of the molecule is COc1cc(C=Cc2nc3n(n2)CC[C@@H]3c2ccccc2C(F)(F)F)ccc1-n1cnc(C)c1. The summed E-state index contributed by atoms with van der Waals surface area (Å²) < 4.78 is 49.7. The van der Waals surface area contributed by atoms with Crippen LogP contribution in [0.25, 0.3) is 17.8 Å². The fourth-order valence-corrected chi connectivity index (χ4v) is 4.33. The first-order chi connectivity index (χ1) is 16.3. The van der Waals surface area contributed by atoms with Gasteiger partial charge in [0.25, 0.3) is 0 Å². The van der Waals surface area contributed by atoms with E-state index in [0.717, 1.165) is 23.0 Å². The first-order valence-electron chi connectivity index (χ1n) is 10.8. The molecule has 9 heteroatoms. The van der Waals surface area contributed by atoms with Crippen molar-refractivity contribution in [2.24, 2.45) is 0 Å². The molecule has 6 nitrogen and oxygen atoms in total. The molecule has 34 heavy (non-hydrogen) atoms. The molecule has 0 spiro atoms. The average Bonchev–Trinajstić information content (AvgIpc) is 3.52. The van der Waals surface area contributed by atoms with Gasteiger partial charge < -0.3 is 9.30 Å². The van der Waals surface area contributed by atoms with Gasteiger partial charge in [-0.2, -0.15) is 18.3 Å². The summed E-state index contributed by atoms with van der Waals surface area (Å²) in [6, 6.07) is 11.5. The maximum atomic E-state index is 13.5. The van der Waals surface area contributed by atoms with Gasteiger partial charge >= 0.3 is 6.18 Å². The minimum atomic E-state index is -4.41. The van der Waals surface area contributed by atoms with Crippen molar-refractivity contribution in [3.8, 4) is 11.4 Å². The summed E-state index contributed by atoms with van der Waals surface area (Å²) in [5, 5.41) is 4.48. The molecule has 3 heterocycles. The summed E-state index contributed by atoms with van der Waals surface area (Å²) >= 11 is 0. The average molecular weight is 465 g/mol. The van der Waals surface area contributed by atoms with E-state index in [2.05, 4.69) is 15.1 Å². The van der Waals surface area contributed by atoms with Crippen LogP contribution < -0.4 is 4.74 Å². The molecule has 0 saturated carbocycles. The molecular formula is C25H22F3N5O. The predicted molar refractivity (Wildman–Crippen MR) is 122 cm³/mol. The Labute approximate surface area is 194 Å². The molecule has 1 atom stereocenters. The highest BCUT2D eigenvalue weighted by Gasteiger charge is 2.38. The number of aromatic nitrogens is 5. The molecule has 1 aliphatic rings. The van der Waals surface area contributed by atoms with Crippen molar-refractivity contribution in [1.82, 2.24) is 24.3 Å². The number of benzene rings is 2. The summed E-state index contributed by atoms with van der Waals surface area (Å²) in [6.07, 6.45) is 3.39. The van der Waals surface area contributed by atoms with Gasteiger partial charge in [0.15, 0.2) is 5.82 Å². The van der Waals surface area contributed by atoms with Crippen LogP contribution in [-0.2, 0) is 12.7 Å². The molecule has 0 aliphatic carbocycles. The Morgan fingerprint density at radius 1 is 1.12 bits per heavy atom. The first-order valence-corrected chi connectivity index (χ1v) is 10.8. The second kappa shape index (κ2) is 8.48. The molecular weight excluding hydrogens is 443 g/mol. The van der Waals surface area contributed by atoms with E-state index in [4.69, 9.17) is 4.74 Å². The van der Waals surface area contributed by atoms with Crippen LogP contribution in [0.2, 0.25) is 0 Å². The highest BCUT2D eigenvalue weighted by atomic mass is 19.4. The maximum Gasteiger partial charge on any atom is 0.416 e. The zero-order valence-electron chi connectivity index (χ0n) is 18.6. The van der Waals surface area contributed by atoms with Crippen LogP contribution in [-0.4, -0.2) is 31.4 Å². The Kier molecular flexibility index (Phi) is 5.47. The fourth-order valence-electron chi connectivity index (χ4n) is 4.33. The monoisotopic (exact) mass is 465 g/mol. The second-order valence-electron chi connectivity index (χ2n) is 8.16. The smallest absolute Gasteiger partial charge is 0.416 e. The van der Waals surface area contributed by atoms with E-state index in [1.807, 2.05) is 42.0 Å². The number of alkyl halides is 3. The van der Waals surface area contributed by atoms with Gasteiger partial charge in [-0.3, -0.25) is 0 Å². The molecule has 0 amide bonds. The highest BCUT2D eigenvalue weighted by molar-refractivity contribution is 5.69. The number of imidazole rings is 1. The molecule has 0 radical (unpaired) electrons. The van der Waals surface area contributed by atoms with E-state index in [1.54, 1.807) is 30.3 Å². The van der Waals surface area contributed by atoms with E-state index in [0.29, 0.717) is 30.4 Å². The van der Waals surface area contributed by atoms with Gasteiger partial charge in [0, 0.05) is 18.7 Å². The van der Waals surface area contributed by atoms with Crippen LogP contribution in [0.3, 0.4) is 0 Å². The molecule has 2 aromatic carbocycles. The lowest BCUT2D eigenvalue weighted by molar-refractivity contribution is -0.138. The van der Waals surface area contributed by atoms with Crippen molar-refractivity contribution < 1.29 is 17.9 Å². The lowest BCUT2D eigenvalue weighted by Crippen LogP contribution is -2.12. The summed E-state index contributed by atoms with van der Waals surface area (Å²) in [7, 11) is 1.61. The summed E-state index contributed by atoms with van der Waals surface area (Å²) in [6.45, 7) is 2.45. The van der Waals surface area contributed by atoms with Crippen LogP contribution >= 0.6 is 0 Å². The lowest BCUT2D eigenvalue weighted by atomic mass is 9.92. The molecule has 0 unspecified atom stereocenters. The zero-order valence-corrected chi connectivity index (χ0v) is 18.6. The van der Waals surface area contributed by atoms with Gasteiger partial charge in [-0.15, -0.1) is 0 Å². The van der Waals surface area contributed by atoms with E-state index in [9.17, 15) is 13.2 Å². The predicted octanol–water partition coefficient (Wildman–Crippen LogP) is 5.51. The van der Waals surface area contributed by atoms with Crippen molar-refractivity contribution >= 4 is 12.2 Å². The van der Waals surface area contributed by atoms with Gasteiger partial charge in [-0.25, -0.2) is 14.6 Å². The Balaban J connectivity index is 1.41. The Morgan fingerprint density at radius 3 is 2.68 bits per heavy atom. The maximum absolute atomic E-state index is 13.5. The molecule has 4 aromatic rings. The van der Waals surface area contributed by atoms with Gasteiger partial charge in [-0.1, -0.05) is 30.3 Å². The summed E-state index contributed by atoms with van der Waals surface area (Å²) in [5.74, 6) is 1.26. The van der Waals surface area contributed by atoms with Gasteiger partial charge in [-0.05, 0) is 48.7 Å². The zero-order chi connectivity index (χ0) is 23.9. The number of rotatable bonds is 5. The second-order valence-corrected chi connectivity index (χ2v) is 8.16. The quantitative estimate of drug-likeness (QED) is 0.390.